The molecule has 0 aliphatic rings. The van der Waals surface area contributed by atoms with Gasteiger partial charge in [0.25, 0.3) is 0 Å². The number of benzene rings is 1. The standard InChI is InChI=1S/C17H22Cl3N5O.HI/c1-10-13(11(2)25(4)24-10)9-23-17(21-3)22-5-6-26-16-14(19)7-12(18)8-15(16)20;/h7-8H,5-6,9H2,1-4H3,(H2,21,22,23);1H. The molecular formula is C17H23Cl3IN5O. The van der Waals surface area contributed by atoms with Gasteiger partial charge in [0.2, 0.25) is 0 Å². The summed E-state index contributed by atoms with van der Waals surface area (Å²) >= 11 is 18.1. The number of aliphatic imine (C=N–C) groups is 1. The lowest BCUT2D eigenvalue weighted by Gasteiger charge is -2.14. The topological polar surface area (TPSA) is 63.5 Å². The van der Waals surface area contributed by atoms with Crippen LogP contribution in [0.3, 0.4) is 0 Å². The molecule has 0 atom stereocenters. The van der Waals surface area contributed by atoms with Crippen LogP contribution in [0.5, 0.6) is 5.75 Å². The summed E-state index contributed by atoms with van der Waals surface area (Å²) in [5.74, 6) is 1.09. The van der Waals surface area contributed by atoms with E-state index in [0.29, 0.717) is 46.5 Å². The first kappa shape index (κ1) is 24.1. The van der Waals surface area contributed by atoms with E-state index in [1.807, 2.05) is 25.6 Å². The molecule has 0 aliphatic heterocycles. The number of hydrogen-bond donors (Lipinski definition) is 2. The molecule has 1 aromatic heterocycles. The smallest absolute Gasteiger partial charge is 0.191 e. The minimum absolute atomic E-state index is 0. The van der Waals surface area contributed by atoms with Crippen LogP contribution in [-0.4, -0.2) is 35.9 Å². The Hall–Kier alpha value is -0.900. The summed E-state index contributed by atoms with van der Waals surface area (Å²) in [5, 5.41) is 12.1. The SMILES string of the molecule is CN=C(NCCOc1c(Cl)cc(Cl)cc1Cl)NCc1c(C)nn(C)c1C.I. The summed E-state index contributed by atoms with van der Waals surface area (Å²) in [4.78, 5) is 4.20. The van der Waals surface area contributed by atoms with Crippen LogP contribution >= 0.6 is 58.8 Å². The van der Waals surface area contributed by atoms with Crippen molar-refractivity contribution >= 4 is 64.7 Å². The van der Waals surface area contributed by atoms with E-state index in [4.69, 9.17) is 39.5 Å². The van der Waals surface area contributed by atoms with E-state index >= 15 is 0 Å². The molecule has 2 aromatic rings. The van der Waals surface area contributed by atoms with Gasteiger partial charge in [0.1, 0.15) is 6.61 Å². The molecule has 0 unspecified atom stereocenters. The molecule has 10 heteroatoms. The first-order chi connectivity index (χ1) is 12.3. The Morgan fingerprint density at radius 1 is 1.19 bits per heavy atom. The van der Waals surface area contributed by atoms with Gasteiger partial charge in [0.15, 0.2) is 11.7 Å². The van der Waals surface area contributed by atoms with Gasteiger partial charge in [-0.25, -0.2) is 0 Å². The van der Waals surface area contributed by atoms with Gasteiger partial charge in [-0.05, 0) is 26.0 Å². The second-order valence-corrected chi connectivity index (χ2v) is 6.92. The van der Waals surface area contributed by atoms with E-state index in [9.17, 15) is 0 Å². The molecule has 0 bridgehead atoms. The molecule has 6 nitrogen and oxygen atoms in total. The fraction of sp³-hybridized carbons (Fsp3) is 0.412. The zero-order chi connectivity index (χ0) is 19.3. The largest absolute Gasteiger partial charge is 0.489 e. The minimum Gasteiger partial charge on any atom is -0.489 e. The molecule has 0 fully saturated rings. The van der Waals surface area contributed by atoms with E-state index in [2.05, 4.69) is 20.7 Å². The maximum absolute atomic E-state index is 6.09. The number of halogens is 4. The Labute approximate surface area is 191 Å². The van der Waals surface area contributed by atoms with Crippen molar-refractivity contribution in [3.8, 4) is 5.75 Å². The highest BCUT2D eigenvalue weighted by Crippen LogP contribution is 2.35. The third-order valence-electron chi connectivity index (χ3n) is 3.92. The lowest BCUT2D eigenvalue weighted by Crippen LogP contribution is -2.39. The van der Waals surface area contributed by atoms with Gasteiger partial charge in [-0.3, -0.25) is 9.67 Å². The summed E-state index contributed by atoms with van der Waals surface area (Å²) in [6.45, 7) is 5.57. The van der Waals surface area contributed by atoms with Gasteiger partial charge in [-0.2, -0.15) is 5.10 Å². The average molecular weight is 547 g/mol. The van der Waals surface area contributed by atoms with Crippen molar-refractivity contribution in [2.45, 2.75) is 20.4 Å². The predicted octanol–water partition coefficient (Wildman–Crippen LogP) is 4.36. The van der Waals surface area contributed by atoms with Crippen molar-refractivity contribution in [2.75, 3.05) is 20.2 Å². The molecule has 0 amide bonds. The summed E-state index contributed by atoms with van der Waals surface area (Å²) in [5.41, 5.74) is 3.29. The van der Waals surface area contributed by atoms with Gasteiger partial charge in [0, 0.05) is 36.9 Å². The van der Waals surface area contributed by atoms with Gasteiger partial charge in [-0.1, -0.05) is 34.8 Å². The van der Waals surface area contributed by atoms with Gasteiger partial charge < -0.3 is 15.4 Å². The van der Waals surface area contributed by atoms with Crippen LogP contribution in [0, 0.1) is 13.8 Å². The Morgan fingerprint density at radius 2 is 1.81 bits per heavy atom. The molecule has 1 aromatic carbocycles. The van der Waals surface area contributed by atoms with E-state index in [0.717, 1.165) is 17.0 Å². The highest BCUT2D eigenvalue weighted by atomic mass is 127. The van der Waals surface area contributed by atoms with Gasteiger partial charge in [0.05, 0.1) is 22.3 Å². The summed E-state index contributed by atoms with van der Waals surface area (Å²) in [6.07, 6.45) is 0. The van der Waals surface area contributed by atoms with Gasteiger partial charge in [-0.15, -0.1) is 24.0 Å². The predicted molar refractivity (Wildman–Crippen MR) is 123 cm³/mol. The molecule has 0 aliphatic carbocycles. The number of aryl methyl sites for hydroxylation is 2. The molecule has 150 valence electrons. The highest BCUT2D eigenvalue weighted by molar-refractivity contribution is 14.0. The Kier molecular flexibility index (Phi) is 10.0. The molecule has 0 radical (unpaired) electrons. The lowest BCUT2D eigenvalue weighted by atomic mass is 10.2. The van der Waals surface area contributed by atoms with E-state index < -0.39 is 0 Å². The first-order valence-electron chi connectivity index (χ1n) is 8.04. The lowest BCUT2D eigenvalue weighted by molar-refractivity contribution is 0.322. The molecule has 2 N–H and O–H groups in total. The number of nitrogens with zero attached hydrogens (tertiary/aromatic N) is 3. The summed E-state index contributed by atoms with van der Waals surface area (Å²) in [6, 6.07) is 3.19. The third kappa shape index (κ3) is 6.58. The molecule has 2 rings (SSSR count). The molecule has 27 heavy (non-hydrogen) atoms. The van der Waals surface area contributed by atoms with Crippen molar-refractivity contribution < 1.29 is 4.74 Å². The van der Waals surface area contributed by atoms with Crippen LogP contribution in [0.25, 0.3) is 0 Å². The van der Waals surface area contributed by atoms with E-state index in [1.165, 1.54) is 0 Å². The number of ether oxygens (including phenoxy) is 1. The molecule has 0 saturated heterocycles. The third-order valence-corrected chi connectivity index (χ3v) is 4.70. The maximum Gasteiger partial charge on any atom is 0.191 e. The first-order valence-corrected chi connectivity index (χ1v) is 9.17. The molecule has 0 saturated carbocycles. The number of rotatable bonds is 6. The number of guanidine groups is 1. The molecule has 0 spiro atoms. The zero-order valence-electron chi connectivity index (χ0n) is 15.6. The van der Waals surface area contributed by atoms with E-state index in [-0.39, 0.29) is 24.0 Å². The van der Waals surface area contributed by atoms with Crippen LogP contribution in [0.2, 0.25) is 15.1 Å². The fourth-order valence-corrected chi connectivity index (χ4v) is 3.38. The van der Waals surface area contributed by atoms with Crippen LogP contribution in [-0.2, 0) is 13.6 Å². The van der Waals surface area contributed by atoms with Gasteiger partial charge >= 0.3 is 0 Å². The van der Waals surface area contributed by atoms with Crippen LogP contribution in [0.15, 0.2) is 17.1 Å². The Bertz CT molecular complexity index is 787. The van der Waals surface area contributed by atoms with Crippen molar-refractivity contribution in [1.29, 1.82) is 0 Å². The zero-order valence-corrected chi connectivity index (χ0v) is 20.2. The molecule has 1 heterocycles. The molecular weight excluding hydrogens is 523 g/mol. The number of hydrogen-bond acceptors (Lipinski definition) is 3. The Morgan fingerprint density at radius 3 is 2.33 bits per heavy atom. The summed E-state index contributed by atoms with van der Waals surface area (Å²) in [7, 11) is 3.65. The van der Waals surface area contributed by atoms with E-state index in [1.54, 1.807) is 19.2 Å². The normalized spacial score (nSPS) is 11.1. The van der Waals surface area contributed by atoms with Crippen molar-refractivity contribution in [3.05, 3.63) is 44.2 Å². The van der Waals surface area contributed by atoms with Crippen LogP contribution < -0.4 is 15.4 Å². The fourth-order valence-electron chi connectivity index (χ4n) is 2.46. The maximum atomic E-state index is 6.09. The van der Waals surface area contributed by atoms with Crippen LogP contribution in [0.4, 0.5) is 0 Å². The second-order valence-electron chi connectivity index (χ2n) is 5.67. The summed E-state index contributed by atoms with van der Waals surface area (Å²) < 4.78 is 7.51. The number of nitrogens with one attached hydrogen (secondary N) is 2. The van der Waals surface area contributed by atoms with Crippen molar-refractivity contribution in [1.82, 2.24) is 20.4 Å². The second kappa shape index (κ2) is 11.2. The van der Waals surface area contributed by atoms with Crippen molar-refractivity contribution in [2.24, 2.45) is 12.0 Å². The minimum atomic E-state index is 0. The average Bonchev–Trinajstić information content (AvgIpc) is 2.81. The monoisotopic (exact) mass is 545 g/mol. The van der Waals surface area contributed by atoms with Crippen molar-refractivity contribution in [3.63, 3.8) is 0 Å². The Balaban J connectivity index is 0.00000364. The quantitative estimate of drug-likeness (QED) is 0.245. The highest BCUT2D eigenvalue weighted by Gasteiger charge is 2.11. The van der Waals surface area contributed by atoms with Crippen LogP contribution in [0.1, 0.15) is 17.0 Å². The number of aromatic nitrogens is 2.